The molecule has 0 aromatic carbocycles. The summed E-state index contributed by atoms with van der Waals surface area (Å²) in [4.78, 5) is 0. The van der Waals surface area contributed by atoms with Gasteiger partial charge in [-0.2, -0.15) is 0 Å². The molecule has 3 heteroatoms. The van der Waals surface area contributed by atoms with Gasteiger partial charge in [0.05, 0.1) is 0 Å². The second-order valence-electron chi connectivity index (χ2n) is 0.702. The van der Waals surface area contributed by atoms with Crippen molar-refractivity contribution in [3.05, 3.63) is 0 Å². The first-order valence-electron chi connectivity index (χ1n) is 1.64. The normalized spacial score (nSPS) is 7.20. The topological polar surface area (TPSA) is 12.0 Å². The molecule has 0 atom stereocenters. The second-order valence-corrected chi connectivity index (χ2v) is 0.991. The van der Waals surface area contributed by atoms with Gasteiger partial charge in [-0.25, -0.2) is 0 Å². The SMILES string of the molecule is BCNC=P. The highest BCUT2D eigenvalue weighted by atomic mass is 31.0. The highest BCUT2D eigenvalue weighted by molar-refractivity contribution is 7.18. The molecule has 0 heterocycles. The molecule has 0 rings (SSSR count). The van der Waals surface area contributed by atoms with Gasteiger partial charge in [0, 0.05) is 0 Å². The van der Waals surface area contributed by atoms with Gasteiger partial charge in [0.15, 0.2) is 0 Å². The van der Waals surface area contributed by atoms with Crippen LogP contribution in [0.4, 0.5) is 0 Å². The van der Waals surface area contributed by atoms with Crippen molar-refractivity contribution in [2.24, 2.45) is 0 Å². The van der Waals surface area contributed by atoms with Crippen molar-refractivity contribution >= 4 is 22.6 Å². The molecule has 0 amide bonds. The van der Waals surface area contributed by atoms with Crippen LogP contribution in [0.2, 0.25) is 0 Å². The maximum Gasteiger partial charge on any atom is 0.119 e. The third-order valence-corrected chi connectivity index (χ3v) is 0.510. The molecule has 1 nitrogen and oxygen atoms in total. The average Bonchev–Trinajstić information content (AvgIpc) is 1.41. The van der Waals surface area contributed by atoms with Crippen molar-refractivity contribution < 1.29 is 0 Å². The van der Waals surface area contributed by atoms with E-state index in [9.17, 15) is 0 Å². The summed E-state index contributed by atoms with van der Waals surface area (Å²) in [6, 6.07) is 0. The van der Waals surface area contributed by atoms with Crippen LogP contribution in [0, 0.1) is 0 Å². The number of rotatable bonds is 2. The maximum absolute atomic E-state index is 3.11. The van der Waals surface area contributed by atoms with E-state index in [1.807, 2.05) is 7.85 Å². The Bertz CT molecular complexity index is 30.8. The number of nitrogens with one attached hydrogen (secondary N) is 1. The Kier molecular flexibility index (Phi) is 4.36. The van der Waals surface area contributed by atoms with Crippen LogP contribution in [0.25, 0.3) is 0 Å². The van der Waals surface area contributed by atoms with Gasteiger partial charge in [0.1, 0.15) is 7.85 Å². The van der Waals surface area contributed by atoms with Gasteiger partial charge in [-0.3, -0.25) is 5.32 Å². The molecule has 0 saturated carbocycles. The summed E-state index contributed by atoms with van der Waals surface area (Å²) in [6.45, 7) is 0. The molecule has 28 valence electrons. The van der Waals surface area contributed by atoms with Crippen molar-refractivity contribution in [2.45, 2.75) is 0 Å². The number of hydrogen-bond donors (Lipinski definition) is 1. The molecule has 0 fully saturated rings. The first-order chi connectivity index (χ1) is 2.41. The van der Waals surface area contributed by atoms with Crippen molar-refractivity contribution in [3.8, 4) is 0 Å². The van der Waals surface area contributed by atoms with Gasteiger partial charge in [-0.05, 0) is 12.4 Å². The minimum Gasteiger partial charge on any atom is -0.300 e. The second kappa shape index (κ2) is 4.19. The van der Waals surface area contributed by atoms with E-state index in [1.54, 1.807) is 5.92 Å². The zero-order valence-electron chi connectivity index (χ0n) is 3.28. The van der Waals surface area contributed by atoms with Crippen LogP contribution in [0.3, 0.4) is 0 Å². The monoisotopic (exact) mass is 87.0 g/mol. The lowest BCUT2D eigenvalue weighted by atomic mass is 10.2. The summed E-state index contributed by atoms with van der Waals surface area (Å²) in [5.74, 6) is 1.74. The molecule has 1 N–H and O–H groups in total. The molecule has 0 aliphatic carbocycles. The van der Waals surface area contributed by atoms with Crippen LogP contribution in [0.5, 0.6) is 0 Å². The van der Waals surface area contributed by atoms with Crippen molar-refractivity contribution in [2.75, 3.05) is 6.44 Å². The van der Waals surface area contributed by atoms with E-state index in [-0.39, 0.29) is 0 Å². The molecule has 5 heavy (non-hydrogen) atoms. The van der Waals surface area contributed by atoms with Crippen LogP contribution in [0.15, 0.2) is 0 Å². The first-order valence-corrected chi connectivity index (χ1v) is 2.22. The quantitative estimate of drug-likeness (QED) is 0.339. The predicted octanol–water partition coefficient (Wildman–Crippen LogP) is -0.931. The fourth-order valence-electron chi connectivity index (χ4n) is 0.102. The van der Waals surface area contributed by atoms with Crippen LogP contribution >= 0.6 is 8.86 Å². The van der Waals surface area contributed by atoms with Crippen molar-refractivity contribution in [3.63, 3.8) is 0 Å². The van der Waals surface area contributed by atoms with Crippen LogP contribution in [-0.4, -0.2) is 20.2 Å². The lowest BCUT2D eigenvalue weighted by Crippen LogP contribution is -2.09. The van der Waals surface area contributed by atoms with Gasteiger partial charge >= 0.3 is 0 Å². The summed E-state index contributed by atoms with van der Waals surface area (Å²) >= 11 is 0. The Morgan fingerprint density at radius 2 is 2.60 bits per heavy atom. The highest BCUT2D eigenvalue weighted by Crippen LogP contribution is 1.43. The Morgan fingerprint density at radius 3 is 2.60 bits per heavy atom. The Hall–Kier alpha value is 0.195. The third-order valence-electron chi connectivity index (χ3n) is 0.306. The van der Waals surface area contributed by atoms with E-state index in [0.29, 0.717) is 0 Å². The van der Waals surface area contributed by atoms with E-state index in [4.69, 9.17) is 0 Å². The van der Waals surface area contributed by atoms with E-state index in [2.05, 4.69) is 14.2 Å². The van der Waals surface area contributed by atoms with Gasteiger partial charge in [0.2, 0.25) is 0 Å². The minimum atomic E-state index is 0.990. The Morgan fingerprint density at radius 1 is 2.00 bits per heavy atom. The van der Waals surface area contributed by atoms with Gasteiger partial charge in [-0.15, -0.1) is 8.86 Å². The van der Waals surface area contributed by atoms with E-state index < -0.39 is 0 Å². The van der Waals surface area contributed by atoms with E-state index >= 15 is 0 Å². The average molecular weight is 86.9 g/mol. The maximum atomic E-state index is 3.11. The molecule has 0 aromatic heterocycles. The molecule has 0 radical (unpaired) electrons. The van der Waals surface area contributed by atoms with Crippen LogP contribution in [0.1, 0.15) is 0 Å². The lowest BCUT2D eigenvalue weighted by Gasteiger charge is -1.79. The van der Waals surface area contributed by atoms with E-state index in [0.717, 1.165) is 6.44 Å². The summed E-state index contributed by atoms with van der Waals surface area (Å²) in [6.07, 6.45) is 0.990. The largest absolute Gasteiger partial charge is 0.300 e. The summed E-state index contributed by atoms with van der Waals surface area (Å²) in [5.41, 5.74) is 0. The van der Waals surface area contributed by atoms with Crippen LogP contribution in [-0.2, 0) is 0 Å². The zero-order valence-corrected chi connectivity index (χ0v) is 4.28. The van der Waals surface area contributed by atoms with Gasteiger partial charge in [-0.1, -0.05) is 0 Å². The molecule has 0 unspecified atom stereocenters. The van der Waals surface area contributed by atoms with Crippen molar-refractivity contribution in [1.82, 2.24) is 5.32 Å². The zero-order chi connectivity index (χ0) is 4.12. The molecular formula is C2H7BNP. The highest BCUT2D eigenvalue weighted by Gasteiger charge is 1.58. The third kappa shape index (κ3) is 4.19. The lowest BCUT2D eigenvalue weighted by molar-refractivity contribution is 1.17. The Balaban J connectivity index is 2.40. The molecule has 0 aliphatic rings. The molecule has 0 saturated heterocycles. The van der Waals surface area contributed by atoms with Gasteiger partial charge in [0.25, 0.3) is 0 Å². The standard InChI is InChI=1S/C2H7BNP/c3-1-4-2-5/h2,4-5H,1,3H2. The Labute approximate surface area is 35.4 Å². The first kappa shape index (κ1) is 5.19. The molecule has 0 aliphatic heterocycles. The minimum absolute atomic E-state index is 0.990. The van der Waals surface area contributed by atoms with Crippen molar-refractivity contribution in [1.29, 1.82) is 0 Å². The smallest absolute Gasteiger partial charge is 0.119 e. The van der Waals surface area contributed by atoms with Crippen LogP contribution < -0.4 is 5.32 Å². The summed E-state index contributed by atoms with van der Waals surface area (Å²) in [7, 11) is 5.15. The summed E-state index contributed by atoms with van der Waals surface area (Å²) in [5, 5.41) is 2.90. The molecular weight excluding hydrogens is 79.8 g/mol. The van der Waals surface area contributed by atoms with E-state index in [1.165, 1.54) is 0 Å². The predicted molar refractivity (Wildman–Crippen MR) is 30.9 cm³/mol. The number of hydrogen-bond acceptors (Lipinski definition) is 0. The summed E-state index contributed by atoms with van der Waals surface area (Å²) < 4.78 is 0. The molecule has 0 bridgehead atoms. The fourth-order valence-corrected chi connectivity index (χ4v) is 0.306. The van der Waals surface area contributed by atoms with Gasteiger partial charge < -0.3 is 0 Å². The fraction of sp³-hybridized carbons (Fsp3) is 0.500. The molecule has 0 aromatic rings. The molecule has 0 spiro atoms.